The number of rotatable bonds is 3. The molecule has 2 rings (SSSR count). The van der Waals surface area contributed by atoms with E-state index < -0.39 is 0 Å². The molecule has 0 aliphatic carbocycles. The molecular formula is C15H13Br2F. The molecule has 0 bridgehead atoms. The average Bonchev–Trinajstić information content (AvgIpc) is 2.41. The van der Waals surface area contributed by atoms with E-state index in [9.17, 15) is 4.39 Å². The number of hydrogen-bond acceptors (Lipinski definition) is 0. The molecular weight excluding hydrogens is 359 g/mol. The highest BCUT2D eigenvalue weighted by Crippen LogP contribution is 2.32. The molecule has 0 aromatic heterocycles. The predicted molar refractivity (Wildman–Crippen MR) is 80.7 cm³/mol. The molecule has 2 aromatic carbocycles. The van der Waals surface area contributed by atoms with Crippen molar-refractivity contribution in [3.8, 4) is 0 Å². The summed E-state index contributed by atoms with van der Waals surface area (Å²) in [7, 11) is 0. The van der Waals surface area contributed by atoms with Crippen LogP contribution in [0, 0.1) is 5.82 Å². The monoisotopic (exact) mass is 370 g/mol. The van der Waals surface area contributed by atoms with Gasteiger partial charge in [0.1, 0.15) is 5.82 Å². The molecule has 0 amide bonds. The van der Waals surface area contributed by atoms with Gasteiger partial charge in [0.25, 0.3) is 0 Å². The van der Waals surface area contributed by atoms with E-state index in [1.54, 1.807) is 6.07 Å². The van der Waals surface area contributed by atoms with Gasteiger partial charge in [0.2, 0.25) is 0 Å². The van der Waals surface area contributed by atoms with Gasteiger partial charge in [-0.1, -0.05) is 53.2 Å². The minimum atomic E-state index is -0.236. The molecule has 2 aromatic rings. The largest absolute Gasteiger partial charge is 0.206 e. The minimum Gasteiger partial charge on any atom is -0.206 e. The van der Waals surface area contributed by atoms with E-state index in [0.717, 1.165) is 12.0 Å². The smallest absolute Gasteiger partial charge is 0.137 e. The maximum Gasteiger partial charge on any atom is 0.137 e. The van der Waals surface area contributed by atoms with Gasteiger partial charge in [0.05, 0.1) is 9.30 Å². The number of hydrogen-bond donors (Lipinski definition) is 0. The van der Waals surface area contributed by atoms with Gasteiger partial charge in [-0.15, -0.1) is 0 Å². The lowest BCUT2D eigenvalue weighted by Gasteiger charge is -2.12. The van der Waals surface area contributed by atoms with Crippen LogP contribution in [0.4, 0.5) is 4.39 Å². The van der Waals surface area contributed by atoms with E-state index in [4.69, 9.17) is 0 Å². The highest BCUT2D eigenvalue weighted by molar-refractivity contribution is 9.10. The zero-order valence-electron chi connectivity index (χ0n) is 9.96. The first kappa shape index (κ1) is 13.8. The van der Waals surface area contributed by atoms with Crippen molar-refractivity contribution in [3.05, 3.63) is 69.4 Å². The quantitative estimate of drug-likeness (QED) is 0.613. The summed E-state index contributed by atoms with van der Waals surface area (Å²) in [4.78, 5) is 0.0836. The number of alkyl halides is 1. The second-order valence-electron chi connectivity index (χ2n) is 4.13. The number of aryl methyl sites for hydroxylation is 1. The topological polar surface area (TPSA) is 0 Å². The van der Waals surface area contributed by atoms with E-state index in [2.05, 4.69) is 63.0 Å². The fourth-order valence-electron chi connectivity index (χ4n) is 1.78. The van der Waals surface area contributed by atoms with E-state index in [1.165, 1.54) is 17.2 Å². The Morgan fingerprint density at radius 1 is 1.06 bits per heavy atom. The van der Waals surface area contributed by atoms with E-state index in [-0.39, 0.29) is 10.6 Å². The second kappa shape index (κ2) is 5.98. The molecule has 3 heteroatoms. The summed E-state index contributed by atoms with van der Waals surface area (Å²) in [5.74, 6) is -0.236. The maximum absolute atomic E-state index is 13.2. The Balaban J connectivity index is 2.28. The summed E-state index contributed by atoms with van der Waals surface area (Å²) in [5.41, 5.74) is 3.52. The summed E-state index contributed by atoms with van der Waals surface area (Å²) in [6, 6.07) is 13.6. The lowest BCUT2D eigenvalue weighted by atomic mass is 10.0. The molecule has 0 spiro atoms. The molecule has 0 saturated heterocycles. The molecule has 0 radical (unpaired) electrons. The van der Waals surface area contributed by atoms with E-state index in [1.807, 2.05) is 6.07 Å². The van der Waals surface area contributed by atoms with Gasteiger partial charge in [-0.2, -0.15) is 0 Å². The van der Waals surface area contributed by atoms with Crippen LogP contribution in [0.15, 0.2) is 46.9 Å². The summed E-state index contributed by atoms with van der Waals surface area (Å²) in [5, 5.41) is 0. The van der Waals surface area contributed by atoms with Gasteiger partial charge in [0, 0.05) is 0 Å². The standard InChI is InChI=1S/C15H13Br2F/c1-2-10-3-5-11(6-4-10)15(17)12-7-8-14(18)13(16)9-12/h3-9,15H,2H2,1H3. The van der Waals surface area contributed by atoms with Gasteiger partial charge in [-0.05, 0) is 51.2 Å². The van der Waals surface area contributed by atoms with Crippen molar-refractivity contribution in [1.82, 2.24) is 0 Å². The molecule has 1 atom stereocenters. The number of benzene rings is 2. The van der Waals surface area contributed by atoms with Crippen molar-refractivity contribution in [3.63, 3.8) is 0 Å². The van der Waals surface area contributed by atoms with Crippen LogP contribution in [0.2, 0.25) is 0 Å². The zero-order valence-corrected chi connectivity index (χ0v) is 13.1. The minimum absolute atomic E-state index is 0.0836. The molecule has 0 fully saturated rings. The van der Waals surface area contributed by atoms with Crippen molar-refractivity contribution in [2.24, 2.45) is 0 Å². The lowest BCUT2D eigenvalue weighted by molar-refractivity contribution is 0.620. The first-order valence-electron chi connectivity index (χ1n) is 5.79. The first-order chi connectivity index (χ1) is 8.61. The van der Waals surface area contributed by atoms with Crippen LogP contribution < -0.4 is 0 Å². The van der Waals surface area contributed by atoms with E-state index in [0.29, 0.717) is 4.47 Å². The highest BCUT2D eigenvalue weighted by Gasteiger charge is 2.11. The van der Waals surface area contributed by atoms with Crippen LogP contribution in [0.5, 0.6) is 0 Å². The van der Waals surface area contributed by atoms with E-state index >= 15 is 0 Å². The molecule has 0 aliphatic heterocycles. The number of halogens is 3. The van der Waals surface area contributed by atoms with Crippen molar-refractivity contribution >= 4 is 31.9 Å². The van der Waals surface area contributed by atoms with Gasteiger partial charge >= 0.3 is 0 Å². The molecule has 94 valence electrons. The highest BCUT2D eigenvalue weighted by atomic mass is 79.9. The summed E-state index contributed by atoms with van der Waals surface area (Å²) in [6.45, 7) is 2.14. The molecule has 0 heterocycles. The molecule has 0 nitrogen and oxygen atoms in total. The van der Waals surface area contributed by atoms with Crippen LogP contribution in [-0.4, -0.2) is 0 Å². The Morgan fingerprint density at radius 2 is 1.67 bits per heavy atom. The normalized spacial score (nSPS) is 12.4. The lowest BCUT2D eigenvalue weighted by Crippen LogP contribution is -1.94. The summed E-state index contributed by atoms with van der Waals surface area (Å²) >= 11 is 6.87. The van der Waals surface area contributed by atoms with Gasteiger partial charge in [-0.25, -0.2) is 4.39 Å². The molecule has 0 N–H and O–H groups in total. The molecule has 0 aliphatic rings. The Bertz CT molecular complexity index is 535. The maximum atomic E-state index is 13.2. The van der Waals surface area contributed by atoms with Crippen molar-refractivity contribution in [1.29, 1.82) is 0 Å². The van der Waals surface area contributed by atoms with Gasteiger partial charge in [-0.3, -0.25) is 0 Å². The summed E-state index contributed by atoms with van der Waals surface area (Å²) < 4.78 is 13.7. The molecule has 18 heavy (non-hydrogen) atoms. The molecule has 1 unspecified atom stereocenters. The fourth-order valence-corrected chi connectivity index (χ4v) is 2.77. The third-order valence-corrected chi connectivity index (χ3v) is 4.58. The molecule has 0 saturated carbocycles. The Morgan fingerprint density at radius 3 is 2.22 bits per heavy atom. The van der Waals surface area contributed by atoms with Crippen molar-refractivity contribution in [2.45, 2.75) is 18.2 Å². The predicted octanol–water partition coefficient (Wildman–Crippen LogP) is 5.63. The van der Waals surface area contributed by atoms with Crippen molar-refractivity contribution in [2.75, 3.05) is 0 Å². The zero-order chi connectivity index (χ0) is 13.1. The fraction of sp³-hybridized carbons (Fsp3) is 0.200. The van der Waals surface area contributed by atoms with Gasteiger partial charge in [0.15, 0.2) is 0 Å². The van der Waals surface area contributed by atoms with Gasteiger partial charge < -0.3 is 0 Å². The van der Waals surface area contributed by atoms with Crippen LogP contribution in [-0.2, 0) is 6.42 Å². The van der Waals surface area contributed by atoms with Crippen LogP contribution in [0.25, 0.3) is 0 Å². The third kappa shape index (κ3) is 3.01. The van der Waals surface area contributed by atoms with Crippen LogP contribution in [0.3, 0.4) is 0 Å². The average molecular weight is 372 g/mol. The first-order valence-corrected chi connectivity index (χ1v) is 7.50. The van der Waals surface area contributed by atoms with Crippen LogP contribution in [0.1, 0.15) is 28.4 Å². The van der Waals surface area contributed by atoms with Crippen LogP contribution >= 0.6 is 31.9 Å². The summed E-state index contributed by atoms with van der Waals surface area (Å²) in [6.07, 6.45) is 1.04. The Hall–Kier alpha value is -0.670. The SMILES string of the molecule is CCc1ccc(C(Br)c2ccc(F)c(Br)c2)cc1. The Kier molecular flexibility index (Phi) is 4.57. The van der Waals surface area contributed by atoms with Crippen molar-refractivity contribution < 1.29 is 4.39 Å². The third-order valence-electron chi connectivity index (χ3n) is 2.92. The second-order valence-corrected chi connectivity index (χ2v) is 5.90. The Labute approximate surface area is 123 Å².